The second kappa shape index (κ2) is 5.54. The van der Waals surface area contributed by atoms with Crippen LogP contribution >= 0.6 is 0 Å². The van der Waals surface area contributed by atoms with Gasteiger partial charge in [-0.25, -0.2) is 0 Å². The minimum atomic E-state index is 0.00961. The van der Waals surface area contributed by atoms with Gasteiger partial charge in [0.25, 0.3) is 5.91 Å². The molecule has 1 atom stereocenters. The van der Waals surface area contributed by atoms with Crippen molar-refractivity contribution < 1.29 is 4.79 Å². The van der Waals surface area contributed by atoms with Crippen LogP contribution in [0.25, 0.3) is 0 Å². The van der Waals surface area contributed by atoms with Crippen molar-refractivity contribution in [3.63, 3.8) is 0 Å². The van der Waals surface area contributed by atoms with Crippen molar-refractivity contribution in [1.29, 1.82) is 0 Å². The van der Waals surface area contributed by atoms with E-state index in [0.29, 0.717) is 12.6 Å². The molecule has 1 saturated heterocycles. The Balaban J connectivity index is 1.87. The fourth-order valence-corrected chi connectivity index (χ4v) is 2.33. The van der Waals surface area contributed by atoms with Crippen LogP contribution in [0.5, 0.6) is 0 Å². The standard InChI is InChI=1S/C13H22N4O/c1-10-12(4-5-14-10)13(18)15-8-11-9-16(2)6-7-17(11)3/h4-5,11,14H,6-9H2,1-3H3,(H,15,18). The van der Waals surface area contributed by atoms with Crippen LogP contribution < -0.4 is 5.32 Å². The van der Waals surface area contributed by atoms with Crippen LogP contribution in [0.2, 0.25) is 0 Å². The maximum absolute atomic E-state index is 12.0. The molecule has 100 valence electrons. The number of hydrogen-bond donors (Lipinski definition) is 2. The lowest BCUT2D eigenvalue weighted by Gasteiger charge is -2.37. The lowest BCUT2D eigenvalue weighted by Crippen LogP contribution is -2.54. The number of aromatic nitrogens is 1. The van der Waals surface area contributed by atoms with Crippen LogP contribution in [0.4, 0.5) is 0 Å². The van der Waals surface area contributed by atoms with Crippen LogP contribution in [-0.4, -0.2) is 67.0 Å². The summed E-state index contributed by atoms with van der Waals surface area (Å²) >= 11 is 0. The lowest BCUT2D eigenvalue weighted by molar-refractivity contribution is 0.0881. The molecule has 2 heterocycles. The third-order valence-corrected chi connectivity index (χ3v) is 3.68. The zero-order valence-electron chi connectivity index (χ0n) is 11.4. The maximum atomic E-state index is 12.0. The van der Waals surface area contributed by atoms with Gasteiger partial charge in [-0.05, 0) is 27.1 Å². The number of aryl methyl sites for hydroxylation is 1. The number of hydrogen-bond acceptors (Lipinski definition) is 3. The predicted octanol–water partition coefficient (Wildman–Crippen LogP) is 0.299. The van der Waals surface area contributed by atoms with Crippen molar-refractivity contribution in [2.24, 2.45) is 0 Å². The molecular formula is C13H22N4O. The fraction of sp³-hybridized carbons (Fsp3) is 0.615. The first kappa shape index (κ1) is 13.1. The molecule has 18 heavy (non-hydrogen) atoms. The second-order valence-corrected chi connectivity index (χ2v) is 5.12. The van der Waals surface area contributed by atoms with Gasteiger partial charge in [0, 0.05) is 44.1 Å². The zero-order chi connectivity index (χ0) is 13.1. The first-order valence-electron chi connectivity index (χ1n) is 6.39. The number of H-pyrrole nitrogens is 1. The molecule has 1 aliphatic heterocycles. The molecule has 0 aliphatic carbocycles. The summed E-state index contributed by atoms with van der Waals surface area (Å²) in [5.41, 5.74) is 1.66. The highest BCUT2D eigenvalue weighted by Gasteiger charge is 2.22. The number of rotatable bonds is 3. The van der Waals surface area contributed by atoms with Crippen LogP contribution in [0.1, 0.15) is 16.1 Å². The Hall–Kier alpha value is -1.33. The largest absolute Gasteiger partial charge is 0.365 e. The molecule has 2 N–H and O–H groups in total. The molecule has 5 nitrogen and oxygen atoms in total. The number of aromatic amines is 1. The molecule has 0 radical (unpaired) electrons. The number of nitrogens with one attached hydrogen (secondary N) is 2. The van der Waals surface area contributed by atoms with E-state index in [9.17, 15) is 4.79 Å². The highest BCUT2D eigenvalue weighted by atomic mass is 16.1. The van der Waals surface area contributed by atoms with Crippen molar-refractivity contribution in [3.8, 4) is 0 Å². The number of carbonyl (C=O) groups excluding carboxylic acids is 1. The van der Waals surface area contributed by atoms with E-state index in [-0.39, 0.29) is 5.91 Å². The average Bonchev–Trinajstić information content (AvgIpc) is 2.76. The Labute approximate surface area is 108 Å². The zero-order valence-corrected chi connectivity index (χ0v) is 11.4. The number of amides is 1. The van der Waals surface area contributed by atoms with Crippen molar-refractivity contribution >= 4 is 5.91 Å². The monoisotopic (exact) mass is 250 g/mol. The highest BCUT2D eigenvalue weighted by Crippen LogP contribution is 2.07. The molecule has 1 fully saturated rings. The highest BCUT2D eigenvalue weighted by molar-refractivity contribution is 5.95. The number of carbonyl (C=O) groups is 1. The molecule has 2 rings (SSSR count). The van der Waals surface area contributed by atoms with Crippen LogP contribution in [0, 0.1) is 6.92 Å². The van der Waals surface area contributed by atoms with Gasteiger partial charge < -0.3 is 15.2 Å². The first-order valence-corrected chi connectivity index (χ1v) is 6.39. The minimum Gasteiger partial charge on any atom is -0.365 e. The van der Waals surface area contributed by atoms with E-state index in [1.54, 1.807) is 6.20 Å². The van der Waals surface area contributed by atoms with Gasteiger partial charge >= 0.3 is 0 Å². The molecular weight excluding hydrogens is 228 g/mol. The van der Waals surface area contributed by atoms with Crippen molar-refractivity contribution in [2.45, 2.75) is 13.0 Å². The summed E-state index contributed by atoms with van der Waals surface area (Å²) in [4.78, 5) is 19.6. The molecule has 1 aromatic heterocycles. The van der Waals surface area contributed by atoms with Crippen LogP contribution in [0.15, 0.2) is 12.3 Å². The first-order chi connectivity index (χ1) is 8.58. The minimum absolute atomic E-state index is 0.00961. The number of piperazine rings is 1. The summed E-state index contributed by atoms with van der Waals surface area (Å²) in [6.45, 7) is 5.76. The van der Waals surface area contributed by atoms with E-state index in [4.69, 9.17) is 0 Å². The van der Waals surface area contributed by atoms with E-state index in [1.807, 2.05) is 13.0 Å². The Kier molecular flexibility index (Phi) is 4.04. The van der Waals surface area contributed by atoms with Gasteiger partial charge in [0.15, 0.2) is 0 Å². The van der Waals surface area contributed by atoms with Gasteiger partial charge in [-0.1, -0.05) is 0 Å². The Morgan fingerprint density at radius 3 is 2.94 bits per heavy atom. The molecule has 1 aliphatic rings. The van der Waals surface area contributed by atoms with Gasteiger partial charge in [0.1, 0.15) is 0 Å². The molecule has 1 unspecified atom stereocenters. The predicted molar refractivity (Wildman–Crippen MR) is 71.8 cm³/mol. The average molecular weight is 250 g/mol. The summed E-state index contributed by atoms with van der Waals surface area (Å²) in [6.07, 6.45) is 1.80. The third-order valence-electron chi connectivity index (χ3n) is 3.68. The molecule has 0 spiro atoms. The van der Waals surface area contributed by atoms with Gasteiger partial charge in [-0.3, -0.25) is 9.69 Å². The van der Waals surface area contributed by atoms with E-state index in [1.165, 1.54) is 0 Å². The third kappa shape index (κ3) is 2.91. The van der Waals surface area contributed by atoms with Gasteiger partial charge in [-0.15, -0.1) is 0 Å². The Morgan fingerprint density at radius 2 is 2.28 bits per heavy atom. The lowest BCUT2D eigenvalue weighted by atomic mass is 10.1. The van der Waals surface area contributed by atoms with E-state index >= 15 is 0 Å². The van der Waals surface area contributed by atoms with Gasteiger partial charge in [0.2, 0.25) is 0 Å². The summed E-state index contributed by atoms with van der Waals surface area (Å²) < 4.78 is 0. The van der Waals surface area contributed by atoms with Crippen molar-refractivity contribution in [2.75, 3.05) is 40.3 Å². The Bertz CT molecular complexity index is 415. The van der Waals surface area contributed by atoms with E-state index in [0.717, 1.165) is 30.9 Å². The molecule has 1 amide bonds. The van der Waals surface area contributed by atoms with Crippen LogP contribution in [-0.2, 0) is 0 Å². The number of likely N-dealkylation sites (N-methyl/N-ethyl adjacent to an activating group) is 2. The molecule has 0 saturated carbocycles. The normalized spacial score (nSPS) is 22.1. The molecule has 0 aromatic carbocycles. The Morgan fingerprint density at radius 1 is 1.50 bits per heavy atom. The smallest absolute Gasteiger partial charge is 0.253 e. The second-order valence-electron chi connectivity index (χ2n) is 5.12. The maximum Gasteiger partial charge on any atom is 0.253 e. The van der Waals surface area contributed by atoms with E-state index in [2.05, 4.69) is 34.2 Å². The topological polar surface area (TPSA) is 51.4 Å². The molecule has 1 aromatic rings. The SMILES string of the molecule is Cc1[nH]ccc1C(=O)NCC1CN(C)CCN1C. The van der Waals surface area contributed by atoms with E-state index < -0.39 is 0 Å². The van der Waals surface area contributed by atoms with Gasteiger partial charge in [-0.2, -0.15) is 0 Å². The number of nitrogens with zero attached hydrogens (tertiary/aromatic N) is 2. The van der Waals surface area contributed by atoms with Gasteiger partial charge in [0.05, 0.1) is 5.56 Å². The molecule has 0 bridgehead atoms. The quantitative estimate of drug-likeness (QED) is 0.811. The van der Waals surface area contributed by atoms with Crippen molar-refractivity contribution in [3.05, 3.63) is 23.5 Å². The summed E-state index contributed by atoms with van der Waals surface area (Å²) in [5.74, 6) is 0.00961. The molecule has 5 heteroatoms. The van der Waals surface area contributed by atoms with Crippen LogP contribution in [0.3, 0.4) is 0 Å². The summed E-state index contributed by atoms with van der Waals surface area (Å²) in [6, 6.07) is 2.22. The summed E-state index contributed by atoms with van der Waals surface area (Å²) in [5, 5.41) is 3.02. The van der Waals surface area contributed by atoms with Crippen molar-refractivity contribution in [1.82, 2.24) is 20.1 Å². The summed E-state index contributed by atoms with van der Waals surface area (Å²) in [7, 11) is 4.24. The fourth-order valence-electron chi connectivity index (χ4n) is 2.33.